The Morgan fingerprint density at radius 1 is 1.09 bits per heavy atom. The highest BCUT2D eigenvalue weighted by Crippen LogP contribution is 2.46. The minimum atomic E-state index is -4.85. The second-order valence-electron chi connectivity index (χ2n) is 11.0. The molecule has 0 radical (unpaired) electrons. The third kappa shape index (κ3) is 5.69. The molecule has 1 aliphatic carbocycles. The van der Waals surface area contributed by atoms with Crippen LogP contribution in [0, 0.1) is 6.92 Å². The lowest BCUT2D eigenvalue weighted by Gasteiger charge is -2.14. The summed E-state index contributed by atoms with van der Waals surface area (Å²) in [5, 5.41) is 14.5. The van der Waals surface area contributed by atoms with Crippen LogP contribution in [0.25, 0.3) is 33.3 Å². The number of aromatic carboxylic acids is 1. The van der Waals surface area contributed by atoms with Crippen LogP contribution in [0.15, 0.2) is 71.4 Å². The third-order valence-corrected chi connectivity index (χ3v) is 7.65. The summed E-state index contributed by atoms with van der Waals surface area (Å²) in [6.45, 7) is 6.02. The zero-order valence-electron chi connectivity index (χ0n) is 23.7. The monoisotopic (exact) mass is 590 g/mol. The van der Waals surface area contributed by atoms with Crippen molar-refractivity contribution in [2.45, 2.75) is 58.5 Å². The molecule has 6 rings (SSSR count). The molecule has 0 atom stereocenters. The molecule has 5 aromatic rings. The first-order valence-corrected chi connectivity index (χ1v) is 14.0. The first-order valence-electron chi connectivity index (χ1n) is 14.0. The van der Waals surface area contributed by atoms with Crippen molar-refractivity contribution >= 4 is 16.9 Å². The fourth-order valence-corrected chi connectivity index (χ4v) is 5.44. The van der Waals surface area contributed by atoms with E-state index in [1.165, 1.54) is 18.2 Å². The number of halogens is 3. The number of benzene rings is 3. The van der Waals surface area contributed by atoms with Crippen molar-refractivity contribution in [3.05, 3.63) is 89.3 Å². The highest BCUT2D eigenvalue weighted by molar-refractivity contribution is 6.04. The Balaban J connectivity index is 1.29. The molecular weight excluding hydrogens is 561 g/mol. The Labute approximate surface area is 245 Å². The van der Waals surface area contributed by atoms with E-state index in [1.807, 2.05) is 61.7 Å². The van der Waals surface area contributed by atoms with E-state index in [0.717, 1.165) is 35.0 Å². The van der Waals surface area contributed by atoms with Crippen LogP contribution in [0.4, 0.5) is 13.2 Å². The van der Waals surface area contributed by atoms with Gasteiger partial charge in [-0.25, -0.2) is 4.79 Å². The highest BCUT2D eigenvalue weighted by Gasteiger charge is 2.36. The maximum atomic E-state index is 13.1. The molecule has 0 spiro atoms. The van der Waals surface area contributed by atoms with Crippen molar-refractivity contribution in [2.24, 2.45) is 0 Å². The SMILES string of the molecule is Cc1cc(OCc2c(-c3ccccc3OC(F)(F)F)noc2C2CC2)ccc1-c1ccc2c(C(=O)O)cn(C(C)C)c2c1. The van der Waals surface area contributed by atoms with Crippen molar-refractivity contribution < 1.29 is 37.1 Å². The van der Waals surface area contributed by atoms with Gasteiger partial charge in [0.25, 0.3) is 0 Å². The first-order chi connectivity index (χ1) is 20.5. The molecule has 0 amide bonds. The predicted molar refractivity (Wildman–Crippen MR) is 154 cm³/mol. The number of hydrogen-bond donors (Lipinski definition) is 1. The van der Waals surface area contributed by atoms with Crippen molar-refractivity contribution in [1.29, 1.82) is 0 Å². The minimum absolute atomic E-state index is 0.0512. The van der Waals surface area contributed by atoms with Gasteiger partial charge in [-0.15, -0.1) is 13.2 Å². The number of hydrogen-bond acceptors (Lipinski definition) is 5. The highest BCUT2D eigenvalue weighted by atomic mass is 19.4. The maximum Gasteiger partial charge on any atom is 0.573 e. The van der Waals surface area contributed by atoms with Gasteiger partial charge in [0, 0.05) is 34.6 Å². The molecule has 1 fully saturated rings. The number of nitrogens with zero attached hydrogens (tertiary/aromatic N) is 2. The molecule has 2 aromatic heterocycles. The summed E-state index contributed by atoms with van der Waals surface area (Å²) >= 11 is 0. The number of carbonyl (C=O) groups is 1. The van der Waals surface area contributed by atoms with Gasteiger partial charge in [0.1, 0.15) is 29.6 Å². The summed E-state index contributed by atoms with van der Waals surface area (Å²) < 4.78 is 57.3. The fraction of sp³-hybridized carbons (Fsp3) is 0.273. The van der Waals surface area contributed by atoms with E-state index >= 15 is 0 Å². The van der Waals surface area contributed by atoms with Crippen LogP contribution >= 0.6 is 0 Å². The number of carboxylic acid groups (broad SMARTS) is 1. The number of rotatable bonds is 9. The van der Waals surface area contributed by atoms with Crippen LogP contribution in [0.1, 0.15) is 65.9 Å². The van der Waals surface area contributed by atoms with E-state index in [0.29, 0.717) is 22.5 Å². The Bertz CT molecular complexity index is 1830. The molecular formula is C33H29F3N2O5. The molecule has 3 aromatic carbocycles. The topological polar surface area (TPSA) is 86.7 Å². The zero-order chi connectivity index (χ0) is 30.5. The van der Waals surface area contributed by atoms with Crippen LogP contribution < -0.4 is 9.47 Å². The van der Waals surface area contributed by atoms with Crippen LogP contribution in [-0.2, 0) is 6.61 Å². The van der Waals surface area contributed by atoms with Crippen molar-refractivity contribution in [1.82, 2.24) is 9.72 Å². The van der Waals surface area contributed by atoms with Gasteiger partial charge in [0.2, 0.25) is 0 Å². The lowest BCUT2D eigenvalue weighted by molar-refractivity contribution is -0.274. The van der Waals surface area contributed by atoms with Crippen molar-refractivity contribution in [2.75, 3.05) is 0 Å². The Morgan fingerprint density at radius 3 is 2.53 bits per heavy atom. The van der Waals surface area contributed by atoms with Gasteiger partial charge in [-0.05, 0) is 80.6 Å². The smallest absolute Gasteiger partial charge is 0.489 e. The molecule has 222 valence electrons. The summed E-state index contributed by atoms with van der Waals surface area (Å²) in [5.74, 6) is 0.0262. The third-order valence-electron chi connectivity index (χ3n) is 7.65. The molecule has 0 unspecified atom stereocenters. The van der Waals surface area contributed by atoms with Gasteiger partial charge >= 0.3 is 12.3 Å². The average Bonchev–Trinajstić information content (AvgIpc) is 3.58. The van der Waals surface area contributed by atoms with Crippen LogP contribution in [0.3, 0.4) is 0 Å². The van der Waals surface area contributed by atoms with Gasteiger partial charge in [-0.2, -0.15) is 0 Å². The van der Waals surface area contributed by atoms with E-state index in [-0.39, 0.29) is 41.1 Å². The van der Waals surface area contributed by atoms with Gasteiger partial charge < -0.3 is 23.7 Å². The summed E-state index contributed by atoms with van der Waals surface area (Å²) in [4.78, 5) is 11.8. The largest absolute Gasteiger partial charge is 0.573 e. The second-order valence-corrected chi connectivity index (χ2v) is 11.0. The van der Waals surface area contributed by atoms with E-state index in [1.54, 1.807) is 12.3 Å². The summed E-state index contributed by atoms with van der Waals surface area (Å²) in [6, 6.07) is 17.4. The fourth-order valence-electron chi connectivity index (χ4n) is 5.44. The average molecular weight is 591 g/mol. The van der Waals surface area contributed by atoms with E-state index in [4.69, 9.17) is 9.26 Å². The lowest BCUT2D eigenvalue weighted by Crippen LogP contribution is -2.17. The standard InChI is InChI=1S/C33H29F3N2O5/c1-18(2)38-16-26(32(39)40)24-12-10-21(15-28(24)38)23-13-11-22(14-19(23)3)41-17-27-30(37-43-31(27)20-8-9-20)25-6-4-5-7-29(25)42-33(34,35)36/h4-7,10-16,18,20H,8-9,17H2,1-3H3,(H,39,40). The van der Waals surface area contributed by atoms with Crippen molar-refractivity contribution in [3.63, 3.8) is 0 Å². The number of aryl methyl sites for hydroxylation is 1. The second kappa shape index (κ2) is 10.8. The van der Waals surface area contributed by atoms with Gasteiger partial charge in [0.05, 0.1) is 11.1 Å². The van der Waals surface area contributed by atoms with E-state index < -0.39 is 12.3 Å². The number of aromatic nitrogens is 2. The first kappa shape index (κ1) is 28.4. The number of fused-ring (bicyclic) bond motifs is 1. The molecule has 43 heavy (non-hydrogen) atoms. The van der Waals surface area contributed by atoms with Crippen LogP contribution in [0.5, 0.6) is 11.5 Å². The predicted octanol–water partition coefficient (Wildman–Crippen LogP) is 8.91. The van der Waals surface area contributed by atoms with Crippen LogP contribution in [-0.4, -0.2) is 27.2 Å². The minimum Gasteiger partial charge on any atom is -0.489 e. The number of para-hydroxylation sites is 1. The molecule has 1 N–H and O–H groups in total. The summed E-state index contributed by atoms with van der Waals surface area (Å²) in [7, 11) is 0. The molecule has 0 aliphatic heterocycles. The molecule has 2 heterocycles. The molecule has 1 aliphatic rings. The Hall–Kier alpha value is -4.73. The maximum absolute atomic E-state index is 13.1. The summed E-state index contributed by atoms with van der Waals surface area (Å²) in [5.41, 5.74) is 4.98. The molecule has 0 bridgehead atoms. The Morgan fingerprint density at radius 2 is 1.86 bits per heavy atom. The molecule has 1 saturated carbocycles. The Kier molecular flexibility index (Phi) is 7.15. The number of ether oxygens (including phenoxy) is 2. The molecule has 0 saturated heterocycles. The van der Waals surface area contributed by atoms with E-state index in [9.17, 15) is 23.1 Å². The van der Waals surface area contributed by atoms with Crippen molar-refractivity contribution in [3.8, 4) is 33.9 Å². The number of carboxylic acids is 1. The van der Waals surface area contributed by atoms with Gasteiger partial charge in [-0.3, -0.25) is 0 Å². The lowest BCUT2D eigenvalue weighted by atomic mass is 9.98. The zero-order valence-corrected chi connectivity index (χ0v) is 23.7. The quantitative estimate of drug-likeness (QED) is 0.184. The van der Waals surface area contributed by atoms with Gasteiger partial charge in [-0.1, -0.05) is 35.5 Å². The van der Waals surface area contributed by atoms with Crippen LogP contribution in [0.2, 0.25) is 0 Å². The normalized spacial score (nSPS) is 13.6. The van der Waals surface area contributed by atoms with E-state index in [2.05, 4.69) is 9.89 Å². The number of alkyl halides is 3. The summed E-state index contributed by atoms with van der Waals surface area (Å²) in [6.07, 6.45) is -1.35. The van der Waals surface area contributed by atoms with Gasteiger partial charge in [0.15, 0.2) is 0 Å². The molecule has 7 nitrogen and oxygen atoms in total. The molecule has 10 heteroatoms.